The molecule has 1 atom stereocenters. The van der Waals surface area contributed by atoms with E-state index in [1.165, 1.54) is 6.33 Å². The molecule has 0 N–H and O–H groups in total. The lowest BCUT2D eigenvalue weighted by atomic mass is 10.1. The molecule has 0 bridgehead atoms. The Morgan fingerprint density at radius 3 is 2.62 bits per heavy atom. The van der Waals surface area contributed by atoms with Crippen LogP contribution in [0, 0.1) is 0 Å². The zero-order valence-corrected chi connectivity index (χ0v) is 10.7. The first-order valence-corrected chi connectivity index (χ1v) is 5.89. The van der Waals surface area contributed by atoms with Crippen LogP contribution in [0.25, 0.3) is 5.95 Å². The Labute approximate surface area is 102 Å². The summed E-state index contributed by atoms with van der Waals surface area (Å²) in [5, 5.41) is 4.15. The highest BCUT2D eigenvalue weighted by molar-refractivity contribution is 9.10. The van der Waals surface area contributed by atoms with Gasteiger partial charge in [0.15, 0.2) is 0 Å². The van der Waals surface area contributed by atoms with Crippen LogP contribution in [0.3, 0.4) is 0 Å². The van der Waals surface area contributed by atoms with Gasteiger partial charge in [-0.15, -0.1) is 0 Å². The van der Waals surface area contributed by atoms with Crippen molar-refractivity contribution in [3.8, 4) is 5.95 Å². The molecule has 2 aromatic rings. The Morgan fingerprint density at radius 2 is 2.00 bits per heavy atom. The van der Waals surface area contributed by atoms with E-state index in [-0.39, 0.29) is 0 Å². The third kappa shape index (κ3) is 2.11. The zero-order chi connectivity index (χ0) is 11.5. The molecule has 2 heterocycles. The summed E-state index contributed by atoms with van der Waals surface area (Å²) in [6.45, 7) is 4.23. The number of hydrogen-bond acceptors (Lipinski definition) is 4. The highest BCUT2D eigenvalue weighted by atomic mass is 79.9. The van der Waals surface area contributed by atoms with Gasteiger partial charge in [0.05, 0.1) is 4.47 Å². The molecule has 2 rings (SSSR count). The average Bonchev–Trinajstić information content (AvgIpc) is 2.78. The van der Waals surface area contributed by atoms with Crippen molar-refractivity contribution < 1.29 is 0 Å². The van der Waals surface area contributed by atoms with Gasteiger partial charge < -0.3 is 0 Å². The van der Waals surface area contributed by atoms with Gasteiger partial charge in [-0.2, -0.15) is 9.78 Å². The number of aromatic nitrogens is 5. The smallest absolute Gasteiger partial charge is 0.219 e. The molecule has 6 heteroatoms. The van der Waals surface area contributed by atoms with E-state index in [0.717, 1.165) is 16.7 Å². The second-order valence-corrected chi connectivity index (χ2v) is 4.46. The molecule has 0 aliphatic heterocycles. The Balaban J connectivity index is 2.40. The van der Waals surface area contributed by atoms with Crippen molar-refractivity contribution in [2.24, 2.45) is 0 Å². The summed E-state index contributed by atoms with van der Waals surface area (Å²) >= 11 is 3.30. The lowest BCUT2D eigenvalue weighted by Crippen LogP contribution is -2.09. The molecular weight excluding hydrogens is 270 g/mol. The molecule has 0 aliphatic carbocycles. The molecule has 0 aliphatic rings. The molecule has 0 fully saturated rings. The lowest BCUT2D eigenvalue weighted by molar-refractivity contribution is 0.632. The summed E-state index contributed by atoms with van der Waals surface area (Å²) in [6.07, 6.45) is 5.94. The number of halogens is 1. The standard InChI is InChI=1S/C10H12BrN5/c1-3-7(2)9-14-6-15-16(9)10-12-4-8(11)5-13-10/h4-7H,3H2,1-2H3. The number of hydrogen-bond donors (Lipinski definition) is 0. The van der Waals surface area contributed by atoms with E-state index in [1.807, 2.05) is 0 Å². The van der Waals surface area contributed by atoms with Crippen LogP contribution in [0.5, 0.6) is 0 Å². The first kappa shape index (κ1) is 11.2. The highest BCUT2D eigenvalue weighted by Gasteiger charge is 2.14. The number of rotatable bonds is 3. The zero-order valence-electron chi connectivity index (χ0n) is 9.13. The van der Waals surface area contributed by atoms with Crippen molar-refractivity contribution in [3.63, 3.8) is 0 Å². The first-order chi connectivity index (χ1) is 7.72. The Morgan fingerprint density at radius 1 is 1.31 bits per heavy atom. The van der Waals surface area contributed by atoms with E-state index in [4.69, 9.17) is 0 Å². The van der Waals surface area contributed by atoms with Gasteiger partial charge >= 0.3 is 0 Å². The van der Waals surface area contributed by atoms with Gasteiger partial charge in [0.1, 0.15) is 12.2 Å². The minimum absolute atomic E-state index is 0.342. The van der Waals surface area contributed by atoms with Crippen molar-refractivity contribution >= 4 is 15.9 Å². The van der Waals surface area contributed by atoms with Gasteiger partial charge in [-0.3, -0.25) is 0 Å². The van der Waals surface area contributed by atoms with E-state index in [9.17, 15) is 0 Å². The number of nitrogens with zero attached hydrogens (tertiary/aromatic N) is 5. The summed E-state index contributed by atoms with van der Waals surface area (Å²) < 4.78 is 2.53. The third-order valence-corrected chi connectivity index (χ3v) is 2.83. The van der Waals surface area contributed by atoms with Crippen LogP contribution >= 0.6 is 15.9 Å². The van der Waals surface area contributed by atoms with Gasteiger partial charge in [-0.1, -0.05) is 13.8 Å². The molecule has 0 saturated heterocycles. The molecule has 2 aromatic heterocycles. The molecule has 0 saturated carbocycles. The molecular formula is C10H12BrN5. The quantitative estimate of drug-likeness (QED) is 0.867. The average molecular weight is 282 g/mol. The second kappa shape index (κ2) is 4.69. The van der Waals surface area contributed by atoms with E-state index < -0.39 is 0 Å². The summed E-state index contributed by atoms with van der Waals surface area (Å²) in [7, 11) is 0. The molecule has 0 aromatic carbocycles. The second-order valence-electron chi connectivity index (χ2n) is 3.54. The van der Waals surface area contributed by atoms with Crippen LogP contribution in [-0.4, -0.2) is 24.7 Å². The lowest BCUT2D eigenvalue weighted by Gasteiger charge is -2.08. The molecule has 0 radical (unpaired) electrons. The van der Waals surface area contributed by atoms with Gasteiger partial charge in [-0.05, 0) is 22.4 Å². The molecule has 0 spiro atoms. The maximum atomic E-state index is 4.25. The third-order valence-electron chi connectivity index (χ3n) is 2.42. The SMILES string of the molecule is CCC(C)c1ncnn1-c1ncc(Br)cn1. The van der Waals surface area contributed by atoms with Crippen molar-refractivity contribution in [2.45, 2.75) is 26.2 Å². The molecule has 16 heavy (non-hydrogen) atoms. The van der Waals surface area contributed by atoms with Crippen molar-refractivity contribution in [3.05, 3.63) is 29.0 Å². The molecule has 1 unspecified atom stereocenters. The summed E-state index contributed by atoms with van der Waals surface area (Å²) in [5.74, 6) is 1.79. The predicted octanol–water partition coefficient (Wildman–Crippen LogP) is 2.33. The normalized spacial score (nSPS) is 12.7. The summed E-state index contributed by atoms with van der Waals surface area (Å²) in [4.78, 5) is 12.6. The monoisotopic (exact) mass is 281 g/mol. The fraction of sp³-hybridized carbons (Fsp3) is 0.400. The van der Waals surface area contributed by atoms with Crippen molar-refractivity contribution in [2.75, 3.05) is 0 Å². The summed E-state index contributed by atoms with van der Waals surface area (Å²) in [5.41, 5.74) is 0. The fourth-order valence-corrected chi connectivity index (χ4v) is 1.54. The van der Waals surface area contributed by atoms with Crippen LogP contribution in [0.2, 0.25) is 0 Å². The van der Waals surface area contributed by atoms with E-state index in [2.05, 4.69) is 49.8 Å². The molecule has 0 amide bonds. The highest BCUT2D eigenvalue weighted by Crippen LogP contribution is 2.17. The minimum atomic E-state index is 0.342. The molecule has 5 nitrogen and oxygen atoms in total. The topological polar surface area (TPSA) is 56.5 Å². The largest absolute Gasteiger partial charge is 0.252 e. The molecule has 84 valence electrons. The van der Waals surface area contributed by atoms with Crippen molar-refractivity contribution in [1.82, 2.24) is 24.7 Å². The Hall–Kier alpha value is -1.30. The van der Waals surface area contributed by atoms with Gasteiger partial charge in [0, 0.05) is 18.3 Å². The summed E-state index contributed by atoms with van der Waals surface area (Å²) in [6, 6.07) is 0. The van der Waals surface area contributed by atoms with Crippen molar-refractivity contribution in [1.29, 1.82) is 0 Å². The van der Waals surface area contributed by atoms with Gasteiger partial charge in [0.2, 0.25) is 0 Å². The van der Waals surface area contributed by atoms with Crippen LogP contribution in [0.1, 0.15) is 32.0 Å². The van der Waals surface area contributed by atoms with Crippen LogP contribution in [-0.2, 0) is 0 Å². The first-order valence-electron chi connectivity index (χ1n) is 5.10. The maximum Gasteiger partial charge on any atom is 0.252 e. The van der Waals surface area contributed by atoms with E-state index in [1.54, 1.807) is 17.1 Å². The minimum Gasteiger partial charge on any atom is -0.219 e. The van der Waals surface area contributed by atoms with E-state index in [0.29, 0.717) is 11.9 Å². The predicted molar refractivity (Wildman–Crippen MR) is 63.4 cm³/mol. The maximum absolute atomic E-state index is 4.25. The fourth-order valence-electron chi connectivity index (χ4n) is 1.34. The van der Waals surface area contributed by atoms with Crippen LogP contribution in [0.15, 0.2) is 23.2 Å². The Bertz CT molecular complexity index is 464. The Kier molecular flexibility index (Phi) is 3.28. The van der Waals surface area contributed by atoms with Crippen LogP contribution in [0.4, 0.5) is 0 Å². The van der Waals surface area contributed by atoms with Gasteiger partial charge in [0.25, 0.3) is 5.95 Å². The van der Waals surface area contributed by atoms with E-state index >= 15 is 0 Å². The van der Waals surface area contributed by atoms with Gasteiger partial charge in [-0.25, -0.2) is 15.0 Å². The van der Waals surface area contributed by atoms with Crippen LogP contribution < -0.4 is 0 Å².